The predicted octanol–water partition coefficient (Wildman–Crippen LogP) is 3.86. The molecule has 0 aliphatic carbocycles. The van der Waals surface area contributed by atoms with Crippen LogP contribution in [0.25, 0.3) is 5.65 Å². The molecule has 4 rings (SSSR count). The highest BCUT2D eigenvalue weighted by Crippen LogP contribution is 2.31. The number of nitrogens with one attached hydrogen (secondary N) is 1. The van der Waals surface area contributed by atoms with Crippen LogP contribution < -0.4 is 5.32 Å². The maximum atomic E-state index is 13.1. The SMILES string of the molecule is O=C(CCNc1ccccc1[N+](=O)[O-])N1CCCC(c2nnc3ccc(C(F)(F)F)cn23)C1. The molecule has 0 bridgehead atoms. The van der Waals surface area contributed by atoms with Gasteiger partial charge >= 0.3 is 6.18 Å². The van der Waals surface area contributed by atoms with E-state index < -0.39 is 16.7 Å². The van der Waals surface area contributed by atoms with Crippen LogP contribution in [-0.2, 0) is 11.0 Å². The molecule has 1 aliphatic rings. The molecule has 3 aromatic rings. The van der Waals surface area contributed by atoms with E-state index in [4.69, 9.17) is 0 Å². The number of carbonyl (C=O) groups excluding carboxylic acids is 1. The first-order chi connectivity index (χ1) is 15.7. The number of para-hydroxylation sites is 2. The van der Waals surface area contributed by atoms with Crippen molar-refractivity contribution >= 4 is 22.9 Å². The van der Waals surface area contributed by atoms with E-state index in [0.29, 0.717) is 43.1 Å². The van der Waals surface area contributed by atoms with Crippen molar-refractivity contribution in [1.82, 2.24) is 19.5 Å². The molecule has 174 valence electrons. The molecule has 3 heterocycles. The zero-order valence-electron chi connectivity index (χ0n) is 17.5. The fraction of sp³-hybridized carbons (Fsp3) is 0.381. The van der Waals surface area contributed by atoms with Gasteiger partial charge in [-0.1, -0.05) is 12.1 Å². The molecular weight excluding hydrogens is 441 g/mol. The monoisotopic (exact) mass is 462 g/mol. The molecule has 9 nitrogen and oxygen atoms in total. The lowest BCUT2D eigenvalue weighted by Crippen LogP contribution is -2.40. The number of piperidine rings is 1. The van der Waals surface area contributed by atoms with Crippen LogP contribution in [0.4, 0.5) is 24.5 Å². The number of pyridine rings is 1. The minimum absolute atomic E-state index is 0.0695. The number of benzene rings is 1. The second-order valence-electron chi connectivity index (χ2n) is 7.83. The van der Waals surface area contributed by atoms with Crippen molar-refractivity contribution in [3.63, 3.8) is 0 Å². The van der Waals surface area contributed by atoms with E-state index in [9.17, 15) is 28.1 Å². The molecule has 1 unspecified atom stereocenters. The third kappa shape index (κ3) is 4.89. The summed E-state index contributed by atoms with van der Waals surface area (Å²) in [4.78, 5) is 25.0. The average Bonchev–Trinajstić information content (AvgIpc) is 3.22. The summed E-state index contributed by atoms with van der Waals surface area (Å²) in [6.07, 6.45) is -2.01. The third-order valence-corrected chi connectivity index (χ3v) is 5.65. The van der Waals surface area contributed by atoms with Gasteiger partial charge in [0.15, 0.2) is 5.65 Å². The Hall–Kier alpha value is -3.70. The molecule has 1 amide bonds. The van der Waals surface area contributed by atoms with Gasteiger partial charge in [0, 0.05) is 44.2 Å². The van der Waals surface area contributed by atoms with Crippen LogP contribution in [0.3, 0.4) is 0 Å². The highest BCUT2D eigenvalue weighted by atomic mass is 19.4. The van der Waals surface area contributed by atoms with E-state index in [2.05, 4.69) is 15.5 Å². The number of hydrogen-bond donors (Lipinski definition) is 1. The summed E-state index contributed by atoms with van der Waals surface area (Å²) >= 11 is 0. The highest BCUT2D eigenvalue weighted by Gasteiger charge is 2.32. The fourth-order valence-corrected chi connectivity index (χ4v) is 4.01. The van der Waals surface area contributed by atoms with Crippen molar-refractivity contribution in [3.05, 3.63) is 64.1 Å². The number of rotatable bonds is 6. The Balaban J connectivity index is 1.42. The van der Waals surface area contributed by atoms with Crippen LogP contribution >= 0.6 is 0 Å². The number of amides is 1. The van der Waals surface area contributed by atoms with E-state index in [0.717, 1.165) is 12.3 Å². The molecule has 33 heavy (non-hydrogen) atoms. The third-order valence-electron chi connectivity index (χ3n) is 5.65. The number of anilines is 1. The van der Waals surface area contributed by atoms with Gasteiger partial charge in [-0.3, -0.25) is 19.3 Å². The molecule has 0 saturated carbocycles. The number of nitro groups is 1. The lowest BCUT2D eigenvalue weighted by molar-refractivity contribution is -0.384. The fourth-order valence-electron chi connectivity index (χ4n) is 4.01. The lowest BCUT2D eigenvalue weighted by atomic mass is 9.97. The normalized spacial score (nSPS) is 16.7. The molecule has 1 atom stereocenters. The first kappa shape index (κ1) is 22.5. The van der Waals surface area contributed by atoms with Gasteiger partial charge in [-0.15, -0.1) is 10.2 Å². The van der Waals surface area contributed by atoms with Crippen molar-refractivity contribution in [2.75, 3.05) is 25.0 Å². The van der Waals surface area contributed by atoms with Crippen molar-refractivity contribution < 1.29 is 22.9 Å². The number of hydrogen-bond acceptors (Lipinski definition) is 6. The number of nitro benzene ring substituents is 1. The summed E-state index contributed by atoms with van der Waals surface area (Å²) in [5, 5.41) is 22.1. The Morgan fingerprint density at radius 3 is 2.76 bits per heavy atom. The van der Waals surface area contributed by atoms with Gasteiger partial charge in [0.1, 0.15) is 11.5 Å². The van der Waals surface area contributed by atoms with E-state index in [1.54, 1.807) is 23.1 Å². The van der Waals surface area contributed by atoms with E-state index >= 15 is 0 Å². The number of aromatic nitrogens is 3. The zero-order valence-corrected chi connectivity index (χ0v) is 17.5. The molecule has 1 aliphatic heterocycles. The largest absolute Gasteiger partial charge is 0.417 e. The Labute approximate surface area is 186 Å². The van der Waals surface area contributed by atoms with Gasteiger partial charge in [0.05, 0.1) is 10.5 Å². The molecular formula is C21H21F3N6O3. The van der Waals surface area contributed by atoms with Gasteiger partial charge in [0.2, 0.25) is 5.91 Å². The van der Waals surface area contributed by atoms with Gasteiger partial charge in [-0.05, 0) is 31.0 Å². The first-order valence-electron chi connectivity index (χ1n) is 10.4. The topological polar surface area (TPSA) is 106 Å². The maximum Gasteiger partial charge on any atom is 0.417 e. The van der Waals surface area contributed by atoms with E-state index in [-0.39, 0.29) is 30.5 Å². The van der Waals surface area contributed by atoms with Crippen molar-refractivity contribution in [1.29, 1.82) is 0 Å². The summed E-state index contributed by atoms with van der Waals surface area (Å²) in [5.74, 6) is 0.00609. The van der Waals surface area contributed by atoms with Gasteiger partial charge in [-0.2, -0.15) is 13.2 Å². The van der Waals surface area contributed by atoms with Crippen LogP contribution in [0.2, 0.25) is 0 Å². The minimum atomic E-state index is -4.48. The number of alkyl halides is 3. The first-order valence-corrected chi connectivity index (χ1v) is 10.4. The Morgan fingerprint density at radius 1 is 1.21 bits per heavy atom. The van der Waals surface area contributed by atoms with E-state index in [1.165, 1.54) is 16.5 Å². The molecule has 2 aromatic heterocycles. The molecule has 1 saturated heterocycles. The van der Waals surface area contributed by atoms with Gasteiger partial charge < -0.3 is 10.2 Å². The highest BCUT2D eigenvalue weighted by molar-refractivity contribution is 5.77. The maximum absolute atomic E-state index is 13.1. The molecule has 0 radical (unpaired) electrons. The van der Waals surface area contributed by atoms with Crippen LogP contribution in [0.15, 0.2) is 42.6 Å². The quantitative estimate of drug-likeness (QED) is 0.441. The molecule has 1 N–H and O–H groups in total. The Morgan fingerprint density at radius 2 is 2.00 bits per heavy atom. The van der Waals surface area contributed by atoms with Crippen molar-refractivity contribution in [2.24, 2.45) is 0 Å². The lowest BCUT2D eigenvalue weighted by Gasteiger charge is -2.32. The number of nitrogens with zero attached hydrogens (tertiary/aromatic N) is 5. The molecule has 12 heteroatoms. The summed E-state index contributed by atoms with van der Waals surface area (Å²) in [6.45, 7) is 1.07. The van der Waals surface area contributed by atoms with Gasteiger partial charge in [-0.25, -0.2) is 0 Å². The summed E-state index contributed by atoms with van der Waals surface area (Å²) < 4.78 is 40.7. The average molecular weight is 462 g/mol. The summed E-state index contributed by atoms with van der Waals surface area (Å²) in [5.41, 5.74) is -0.210. The molecule has 1 aromatic carbocycles. The summed E-state index contributed by atoms with van der Waals surface area (Å²) in [6, 6.07) is 8.43. The number of carbonyl (C=O) groups is 1. The van der Waals surface area contributed by atoms with Crippen molar-refractivity contribution in [2.45, 2.75) is 31.4 Å². The Bertz CT molecular complexity index is 1180. The van der Waals surface area contributed by atoms with E-state index in [1.807, 2.05) is 0 Å². The minimum Gasteiger partial charge on any atom is -0.379 e. The van der Waals surface area contributed by atoms with Crippen LogP contribution in [0.1, 0.15) is 36.6 Å². The number of fused-ring (bicyclic) bond motifs is 1. The number of halogens is 3. The van der Waals surface area contributed by atoms with Crippen LogP contribution in [0, 0.1) is 10.1 Å². The van der Waals surface area contributed by atoms with Crippen molar-refractivity contribution in [3.8, 4) is 0 Å². The second kappa shape index (κ2) is 9.04. The smallest absolute Gasteiger partial charge is 0.379 e. The second-order valence-corrected chi connectivity index (χ2v) is 7.83. The van der Waals surface area contributed by atoms with Gasteiger partial charge in [0.25, 0.3) is 5.69 Å². The number of likely N-dealkylation sites (tertiary alicyclic amines) is 1. The van der Waals surface area contributed by atoms with Crippen LogP contribution in [0.5, 0.6) is 0 Å². The Kier molecular flexibility index (Phi) is 6.16. The molecule has 1 fully saturated rings. The standard InChI is InChI=1S/C21H21F3N6O3/c22-21(23,24)15-7-8-18-26-27-20(29(18)13-15)14-4-3-11-28(12-14)19(31)9-10-25-16-5-1-2-6-17(16)30(32)33/h1-2,5-8,13-14,25H,3-4,9-12H2. The predicted molar refractivity (Wildman–Crippen MR) is 113 cm³/mol. The molecule has 0 spiro atoms. The zero-order chi connectivity index (χ0) is 23.6. The van der Waals surface area contributed by atoms with Crippen LogP contribution in [-0.4, -0.2) is 50.0 Å². The summed E-state index contributed by atoms with van der Waals surface area (Å²) in [7, 11) is 0.